The number of nitrogens with zero attached hydrogens (tertiary/aromatic N) is 1. The van der Waals surface area contributed by atoms with Crippen molar-refractivity contribution in [3.8, 4) is 0 Å². The Hall–Kier alpha value is -2.09. The van der Waals surface area contributed by atoms with E-state index in [1.807, 2.05) is 0 Å². The first-order valence-corrected chi connectivity index (χ1v) is 7.79. The molecule has 114 valence electrons. The third-order valence-electron chi connectivity index (χ3n) is 3.49. The first-order chi connectivity index (χ1) is 9.87. The minimum absolute atomic E-state index is 0.101. The van der Waals surface area contributed by atoms with Crippen LogP contribution in [0.2, 0.25) is 0 Å². The highest BCUT2D eigenvalue weighted by molar-refractivity contribution is 7.92. The van der Waals surface area contributed by atoms with E-state index in [4.69, 9.17) is 5.11 Å². The normalized spacial score (nSPS) is 22.0. The Labute approximate surface area is 122 Å². The van der Waals surface area contributed by atoms with Gasteiger partial charge in [-0.3, -0.25) is 4.90 Å². The van der Waals surface area contributed by atoms with Crippen LogP contribution in [0.25, 0.3) is 0 Å². The van der Waals surface area contributed by atoms with E-state index in [1.165, 1.54) is 12.1 Å². The number of carbonyl (C=O) groups is 2. The SMILES string of the molecule is COC(=O)[C@@H]1C[C@@H](S(=O)(=O)c2ccccc2)CN1C(=O)O. The van der Waals surface area contributed by atoms with Crippen LogP contribution in [0.4, 0.5) is 4.79 Å². The van der Waals surface area contributed by atoms with Crippen LogP contribution < -0.4 is 0 Å². The second kappa shape index (κ2) is 5.72. The fourth-order valence-corrected chi connectivity index (χ4v) is 4.11. The molecule has 0 aliphatic carbocycles. The van der Waals surface area contributed by atoms with Crippen molar-refractivity contribution >= 4 is 21.9 Å². The smallest absolute Gasteiger partial charge is 0.408 e. The lowest BCUT2D eigenvalue weighted by Crippen LogP contribution is -2.40. The van der Waals surface area contributed by atoms with Gasteiger partial charge in [0.25, 0.3) is 0 Å². The van der Waals surface area contributed by atoms with Crippen LogP contribution in [0, 0.1) is 0 Å². The third-order valence-corrected chi connectivity index (χ3v) is 5.64. The van der Waals surface area contributed by atoms with Gasteiger partial charge in [0.15, 0.2) is 9.84 Å². The van der Waals surface area contributed by atoms with Gasteiger partial charge in [0.1, 0.15) is 6.04 Å². The number of benzene rings is 1. The number of carboxylic acid groups (broad SMARTS) is 1. The van der Waals surface area contributed by atoms with Crippen molar-refractivity contribution in [3.05, 3.63) is 30.3 Å². The van der Waals surface area contributed by atoms with Gasteiger partial charge in [-0.2, -0.15) is 0 Å². The van der Waals surface area contributed by atoms with E-state index in [-0.39, 0.29) is 17.9 Å². The standard InChI is InChI=1S/C13H15NO6S/c1-20-12(15)11-7-10(8-14(11)13(16)17)21(18,19)9-5-3-2-4-6-9/h2-6,10-11H,7-8H2,1H3,(H,16,17)/t10-,11+/m1/s1. The summed E-state index contributed by atoms with van der Waals surface area (Å²) >= 11 is 0. The lowest BCUT2D eigenvalue weighted by molar-refractivity contribution is -0.145. The van der Waals surface area contributed by atoms with Gasteiger partial charge in [0.05, 0.1) is 17.3 Å². The van der Waals surface area contributed by atoms with Crippen LogP contribution in [0.5, 0.6) is 0 Å². The molecule has 2 rings (SSSR count). The van der Waals surface area contributed by atoms with Gasteiger partial charge in [-0.25, -0.2) is 18.0 Å². The molecule has 8 heteroatoms. The van der Waals surface area contributed by atoms with Crippen molar-refractivity contribution in [2.24, 2.45) is 0 Å². The molecule has 1 saturated heterocycles. The predicted octanol–water partition coefficient (Wildman–Crippen LogP) is 0.754. The van der Waals surface area contributed by atoms with Gasteiger partial charge in [0.2, 0.25) is 0 Å². The Morgan fingerprint density at radius 3 is 2.43 bits per heavy atom. The van der Waals surface area contributed by atoms with Crippen LogP contribution in [0.1, 0.15) is 6.42 Å². The first-order valence-electron chi connectivity index (χ1n) is 6.24. The van der Waals surface area contributed by atoms with Crippen LogP contribution in [0.3, 0.4) is 0 Å². The largest absolute Gasteiger partial charge is 0.467 e. The summed E-state index contributed by atoms with van der Waals surface area (Å²) in [6, 6.07) is 6.69. The van der Waals surface area contributed by atoms with Gasteiger partial charge in [-0.15, -0.1) is 0 Å². The van der Waals surface area contributed by atoms with Gasteiger partial charge < -0.3 is 9.84 Å². The van der Waals surface area contributed by atoms with Crippen molar-refractivity contribution in [3.63, 3.8) is 0 Å². The Morgan fingerprint density at radius 2 is 1.90 bits per heavy atom. The Kier molecular flexibility index (Phi) is 4.17. The molecule has 1 aliphatic heterocycles. The summed E-state index contributed by atoms with van der Waals surface area (Å²) in [6.07, 6.45) is -1.44. The maximum absolute atomic E-state index is 12.5. The number of esters is 1. The van der Waals surface area contributed by atoms with Crippen LogP contribution in [0.15, 0.2) is 35.2 Å². The lowest BCUT2D eigenvalue weighted by atomic mass is 10.2. The molecular formula is C13H15NO6S. The molecule has 21 heavy (non-hydrogen) atoms. The van der Waals surface area contributed by atoms with Gasteiger partial charge in [-0.1, -0.05) is 18.2 Å². The van der Waals surface area contributed by atoms with E-state index < -0.39 is 33.2 Å². The monoisotopic (exact) mass is 313 g/mol. The van der Waals surface area contributed by atoms with Gasteiger partial charge in [-0.05, 0) is 18.6 Å². The van der Waals surface area contributed by atoms with E-state index in [9.17, 15) is 18.0 Å². The first kappa shape index (κ1) is 15.3. The molecule has 7 nitrogen and oxygen atoms in total. The Morgan fingerprint density at radius 1 is 1.29 bits per heavy atom. The average Bonchev–Trinajstić information content (AvgIpc) is 2.93. The quantitative estimate of drug-likeness (QED) is 0.827. The lowest BCUT2D eigenvalue weighted by Gasteiger charge is -2.18. The highest BCUT2D eigenvalue weighted by Crippen LogP contribution is 2.28. The molecule has 0 aromatic heterocycles. The van der Waals surface area contributed by atoms with Crippen LogP contribution >= 0.6 is 0 Å². The minimum atomic E-state index is -3.69. The molecule has 1 fully saturated rings. The molecule has 2 atom stereocenters. The van der Waals surface area contributed by atoms with Crippen molar-refractivity contribution in [2.45, 2.75) is 22.6 Å². The van der Waals surface area contributed by atoms with Crippen molar-refractivity contribution in [1.82, 2.24) is 4.90 Å². The summed E-state index contributed by atoms with van der Waals surface area (Å²) in [6.45, 7) is -0.244. The number of hydrogen-bond acceptors (Lipinski definition) is 5. The van der Waals surface area contributed by atoms with Gasteiger partial charge in [0, 0.05) is 6.54 Å². The zero-order valence-electron chi connectivity index (χ0n) is 11.3. The Balaban J connectivity index is 2.31. The second-order valence-electron chi connectivity index (χ2n) is 4.69. The molecular weight excluding hydrogens is 298 g/mol. The molecule has 1 aliphatic rings. The number of hydrogen-bond donors (Lipinski definition) is 1. The summed E-state index contributed by atoms with van der Waals surface area (Å²) in [5.74, 6) is -0.747. The molecule has 1 aromatic carbocycles. The Bertz CT molecular complexity index is 642. The number of amides is 1. The number of methoxy groups -OCH3 is 1. The molecule has 1 amide bonds. The van der Waals surface area contributed by atoms with E-state index in [0.29, 0.717) is 0 Å². The summed E-state index contributed by atoms with van der Waals surface area (Å²) < 4.78 is 29.5. The summed E-state index contributed by atoms with van der Waals surface area (Å²) in [5, 5.41) is 8.15. The molecule has 1 heterocycles. The molecule has 1 N–H and O–H groups in total. The molecule has 0 spiro atoms. The second-order valence-corrected chi connectivity index (χ2v) is 6.92. The topological polar surface area (TPSA) is 101 Å². The van der Waals surface area contributed by atoms with Crippen molar-refractivity contribution in [1.29, 1.82) is 0 Å². The molecule has 1 aromatic rings. The van der Waals surface area contributed by atoms with Crippen LogP contribution in [-0.2, 0) is 19.4 Å². The highest BCUT2D eigenvalue weighted by atomic mass is 32.2. The zero-order valence-corrected chi connectivity index (χ0v) is 12.1. The van der Waals surface area contributed by atoms with E-state index in [0.717, 1.165) is 12.0 Å². The van der Waals surface area contributed by atoms with Crippen molar-refractivity contribution in [2.75, 3.05) is 13.7 Å². The van der Waals surface area contributed by atoms with Gasteiger partial charge >= 0.3 is 12.1 Å². The number of sulfone groups is 1. The van der Waals surface area contributed by atoms with Crippen molar-refractivity contribution < 1.29 is 27.9 Å². The summed E-state index contributed by atoms with van der Waals surface area (Å²) in [5.41, 5.74) is 0. The summed E-state index contributed by atoms with van der Waals surface area (Å²) in [4.78, 5) is 23.7. The van der Waals surface area contributed by atoms with E-state index in [1.54, 1.807) is 18.2 Å². The average molecular weight is 313 g/mol. The number of likely N-dealkylation sites (tertiary alicyclic amines) is 1. The molecule has 0 radical (unpaired) electrons. The number of carbonyl (C=O) groups excluding carboxylic acids is 1. The fraction of sp³-hybridized carbons (Fsp3) is 0.385. The molecule has 0 bridgehead atoms. The third kappa shape index (κ3) is 2.85. The molecule has 0 unspecified atom stereocenters. The number of rotatable bonds is 3. The van der Waals surface area contributed by atoms with E-state index >= 15 is 0 Å². The number of ether oxygens (including phenoxy) is 1. The zero-order chi connectivity index (χ0) is 15.6. The maximum Gasteiger partial charge on any atom is 0.408 e. The fourth-order valence-electron chi connectivity index (χ4n) is 2.40. The summed E-state index contributed by atoms with van der Waals surface area (Å²) in [7, 11) is -2.55. The highest BCUT2D eigenvalue weighted by Gasteiger charge is 2.45. The predicted molar refractivity (Wildman–Crippen MR) is 72.6 cm³/mol. The van der Waals surface area contributed by atoms with Crippen LogP contribution in [-0.4, -0.2) is 55.4 Å². The minimum Gasteiger partial charge on any atom is -0.467 e. The molecule has 0 saturated carbocycles. The van der Waals surface area contributed by atoms with E-state index in [2.05, 4.69) is 4.74 Å². The maximum atomic E-state index is 12.5.